The van der Waals surface area contributed by atoms with E-state index in [1.807, 2.05) is 6.92 Å². The summed E-state index contributed by atoms with van der Waals surface area (Å²) in [6, 6.07) is 17.6. The summed E-state index contributed by atoms with van der Waals surface area (Å²) in [6.45, 7) is 15.9. The molecule has 128 valence electrons. The molecule has 0 bridgehead atoms. The highest BCUT2D eigenvalue weighted by Gasteiger charge is 2.12. The Hall–Kier alpha value is -2.28. The van der Waals surface area contributed by atoms with Gasteiger partial charge in [-0.25, -0.2) is 0 Å². The Morgan fingerprint density at radius 1 is 1.00 bits per heavy atom. The lowest BCUT2D eigenvalue weighted by Gasteiger charge is -2.22. The molecule has 0 radical (unpaired) electrons. The van der Waals surface area contributed by atoms with Crippen molar-refractivity contribution < 1.29 is 0 Å². The highest BCUT2D eigenvalue weighted by Crippen LogP contribution is 2.18. The SMILES string of the molecule is C=C(CC)C(Cc1ccc(C)cc1)Nc1ccc(C)cc1.C=CC. The summed E-state index contributed by atoms with van der Waals surface area (Å²) in [5.41, 5.74) is 6.34. The van der Waals surface area contributed by atoms with Gasteiger partial charge in [-0.15, -0.1) is 6.58 Å². The number of nitrogens with one attached hydrogen (secondary N) is 1. The number of rotatable bonds is 6. The van der Waals surface area contributed by atoms with E-state index in [9.17, 15) is 0 Å². The first-order valence-electron chi connectivity index (χ1n) is 8.63. The van der Waals surface area contributed by atoms with E-state index in [2.05, 4.69) is 87.8 Å². The molecule has 2 rings (SSSR count). The molecule has 24 heavy (non-hydrogen) atoms. The zero-order valence-corrected chi connectivity index (χ0v) is 15.6. The molecule has 0 saturated carbocycles. The summed E-state index contributed by atoms with van der Waals surface area (Å²) in [5.74, 6) is 0. The Morgan fingerprint density at radius 3 is 1.92 bits per heavy atom. The van der Waals surface area contributed by atoms with Gasteiger partial charge in [0.15, 0.2) is 0 Å². The first-order valence-corrected chi connectivity index (χ1v) is 8.63. The molecule has 1 nitrogen and oxygen atoms in total. The summed E-state index contributed by atoms with van der Waals surface area (Å²) >= 11 is 0. The van der Waals surface area contributed by atoms with Crippen LogP contribution in [0.5, 0.6) is 0 Å². The molecule has 1 atom stereocenters. The molecule has 0 spiro atoms. The summed E-state index contributed by atoms with van der Waals surface area (Å²) in [5, 5.41) is 3.62. The average molecular weight is 322 g/mol. The fourth-order valence-corrected chi connectivity index (χ4v) is 2.35. The van der Waals surface area contributed by atoms with Crippen LogP contribution >= 0.6 is 0 Å². The van der Waals surface area contributed by atoms with Gasteiger partial charge >= 0.3 is 0 Å². The number of allylic oxidation sites excluding steroid dienone is 1. The zero-order chi connectivity index (χ0) is 17.9. The average Bonchev–Trinajstić information content (AvgIpc) is 2.58. The fourth-order valence-electron chi connectivity index (χ4n) is 2.35. The molecule has 1 unspecified atom stereocenters. The van der Waals surface area contributed by atoms with E-state index in [1.165, 1.54) is 22.3 Å². The highest BCUT2D eigenvalue weighted by atomic mass is 14.9. The molecule has 0 aromatic heterocycles. The van der Waals surface area contributed by atoms with Gasteiger partial charge in [0.25, 0.3) is 0 Å². The number of benzene rings is 2. The van der Waals surface area contributed by atoms with Crippen molar-refractivity contribution in [3.8, 4) is 0 Å². The second kappa shape index (κ2) is 10.5. The Labute approximate surface area is 148 Å². The Morgan fingerprint density at radius 2 is 1.46 bits per heavy atom. The van der Waals surface area contributed by atoms with Gasteiger partial charge in [0, 0.05) is 5.69 Å². The lowest BCUT2D eigenvalue weighted by atomic mass is 9.97. The summed E-state index contributed by atoms with van der Waals surface area (Å²) in [6.07, 6.45) is 3.72. The van der Waals surface area contributed by atoms with Crippen molar-refractivity contribution in [1.82, 2.24) is 0 Å². The Balaban J connectivity index is 0.000000891. The van der Waals surface area contributed by atoms with Gasteiger partial charge in [-0.1, -0.05) is 72.7 Å². The van der Waals surface area contributed by atoms with Crippen LogP contribution in [-0.2, 0) is 6.42 Å². The molecule has 1 heteroatoms. The quantitative estimate of drug-likeness (QED) is 0.600. The van der Waals surface area contributed by atoms with Gasteiger partial charge in [0.1, 0.15) is 0 Å². The van der Waals surface area contributed by atoms with Crippen LogP contribution in [0, 0.1) is 13.8 Å². The lowest BCUT2D eigenvalue weighted by Crippen LogP contribution is -2.24. The van der Waals surface area contributed by atoms with Crippen molar-refractivity contribution >= 4 is 5.69 Å². The first-order chi connectivity index (χ1) is 11.5. The number of hydrogen-bond donors (Lipinski definition) is 1. The molecule has 2 aromatic rings. The smallest absolute Gasteiger partial charge is 0.0511 e. The van der Waals surface area contributed by atoms with E-state index >= 15 is 0 Å². The van der Waals surface area contributed by atoms with Crippen LogP contribution in [0.3, 0.4) is 0 Å². The third kappa shape index (κ3) is 6.87. The summed E-state index contributed by atoms with van der Waals surface area (Å²) in [4.78, 5) is 0. The van der Waals surface area contributed by atoms with Gasteiger partial charge < -0.3 is 5.32 Å². The van der Waals surface area contributed by atoms with Crippen molar-refractivity contribution in [3.05, 3.63) is 90.0 Å². The minimum atomic E-state index is 0.278. The van der Waals surface area contributed by atoms with Gasteiger partial charge in [-0.05, 0) is 51.3 Å². The third-order valence-corrected chi connectivity index (χ3v) is 3.90. The maximum Gasteiger partial charge on any atom is 0.0511 e. The number of hydrogen-bond acceptors (Lipinski definition) is 1. The van der Waals surface area contributed by atoms with Gasteiger partial charge in [0.05, 0.1) is 6.04 Å². The van der Waals surface area contributed by atoms with Crippen LogP contribution in [0.1, 0.15) is 37.0 Å². The van der Waals surface area contributed by atoms with Crippen molar-refractivity contribution in [1.29, 1.82) is 0 Å². The fraction of sp³-hybridized carbons (Fsp3) is 0.304. The van der Waals surface area contributed by atoms with E-state index in [-0.39, 0.29) is 6.04 Å². The molecule has 0 amide bonds. The van der Waals surface area contributed by atoms with E-state index < -0.39 is 0 Å². The predicted molar refractivity (Wildman–Crippen MR) is 109 cm³/mol. The molecule has 0 aliphatic heterocycles. The normalized spacial score (nSPS) is 11.0. The molecular weight excluding hydrogens is 290 g/mol. The minimum Gasteiger partial charge on any atom is -0.378 e. The first kappa shape index (κ1) is 19.8. The van der Waals surface area contributed by atoms with Crippen molar-refractivity contribution in [2.45, 2.75) is 46.6 Å². The highest BCUT2D eigenvalue weighted by molar-refractivity contribution is 5.47. The van der Waals surface area contributed by atoms with Crippen LogP contribution in [0.4, 0.5) is 5.69 Å². The van der Waals surface area contributed by atoms with Crippen molar-refractivity contribution in [2.24, 2.45) is 0 Å². The van der Waals surface area contributed by atoms with Gasteiger partial charge in [0.2, 0.25) is 0 Å². The predicted octanol–water partition coefficient (Wildman–Crippen LogP) is 6.49. The zero-order valence-electron chi connectivity index (χ0n) is 15.6. The van der Waals surface area contributed by atoms with Crippen LogP contribution in [0.15, 0.2) is 73.3 Å². The van der Waals surface area contributed by atoms with E-state index in [1.54, 1.807) is 6.08 Å². The van der Waals surface area contributed by atoms with Crippen LogP contribution in [0.25, 0.3) is 0 Å². The second-order valence-corrected chi connectivity index (χ2v) is 6.17. The van der Waals surface area contributed by atoms with E-state index in [0.717, 1.165) is 18.5 Å². The van der Waals surface area contributed by atoms with Crippen LogP contribution in [-0.4, -0.2) is 6.04 Å². The molecule has 0 saturated heterocycles. The third-order valence-electron chi connectivity index (χ3n) is 3.90. The minimum absolute atomic E-state index is 0.278. The number of anilines is 1. The summed E-state index contributed by atoms with van der Waals surface area (Å²) in [7, 11) is 0. The van der Waals surface area contributed by atoms with Crippen LogP contribution in [0.2, 0.25) is 0 Å². The molecular formula is C23H31N. The standard InChI is InChI=1S/C20H25N.C3H6/c1-5-17(4)20(14-18-10-6-15(2)7-11-18)21-19-12-8-16(3)9-13-19;1-3-2/h6-13,20-21H,4-5,14H2,1-3H3;3H,1H2,2H3. The van der Waals surface area contributed by atoms with E-state index in [4.69, 9.17) is 0 Å². The molecule has 0 heterocycles. The van der Waals surface area contributed by atoms with E-state index in [0.29, 0.717) is 0 Å². The maximum absolute atomic E-state index is 4.24. The molecule has 0 fully saturated rings. The van der Waals surface area contributed by atoms with Crippen molar-refractivity contribution in [2.75, 3.05) is 5.32 Å². The topological polar surface area (TPSA) is 12.0 Å². The van der Waals surface area contributed by atoms with Gasteiger partial charge in [-0.3, -0.25) is 0 Å². The van der Waals surface area contributed by atoms with Crippen LogP contribution < -0.4 is 5.32 Å². The Bertz CT molecular complexity index is 573. The lowest BCUT2D eigenvalue weighted by molar-refractivity contribution is 0.783. The molecule has 0 aliphatic rings. The molecule has 1 N–H and O–H groups in total. The van der Waals surface area contributed by atoms with Crippen molar-refractivity contribution in [3.63, 3.8) is 0 Å². The number of aryl methyl sites for hydroxylation is 2. The molecule has 2 aromatic carbocycles. The Kier molecular flexibility index (Phi) is 8.64. The largest absolute Gasteiger partial charge is 0.378 e. The maximum atomic E-state index is 4.24. The second-order valence-electron chi connectivity index (χ2n) is 6.17. The van der Waals surface area contributed by atoms with Gasteiger partial charge in [-0.2, -0.15) is 0 Å². The monoisotopic (exact) mass is 321 g/mol. The summed E-state index contributed by atoms with van der Waals surface area (Å²) < 4.78 is 0. The molecule has 0 aliphatic carbocycles.